The van der Waals surface area contributed by atoms with E-state index in [1.54, 1.807) is 12.1 Å². The first-order valence-corrected chi connectivity index (χ1v) is 8.29. The Morgan fingerprint density at radius 1 is 1.05 bits per heavy atom. The third-order valence-electron chi connectivity index (χ3n) is 3.46. The fourth-order valence-corrected chi connectivity index (χ4v) is 3.32. The predicted octanol–water partition coefficient (Wildman–Crippen LogP) is 2.41. The van der Waals surface area contributed by atoms with E-state index in [-0.39, 0.29) is 10.6 Å². The van der Waals surface area contributed by atoms with Crippen LogP contribution in [0.1, 0.15) is 16.7 Å². The number of nitrogens with one attached hydrogen (secondary N) is 1. The van der Waals surface area contributed by atoms with Crippen LogP contribution in [0.15, 0.2) is 47.4 Å². The van der Waals surface area contributed by atoms with Gasteiger partial charge in [-0.15, -0.1) is 0 Å². The van der Waals surface area contributed by atoms with Gasteiger partial charge in [-0.25, -0.2) is 13.1 Å². The summed E-state index contributed by atoms with van der Waals surface area (Å²) in [5.41, 5.74) is 9.11. The highest BCUT2D eigenvalue weighted by Crippen LogP contribution is 2.22. The Bertz CT molecular complexity index is 725. The van der Waals surface area contributed by atoms with Crippen LogP contribution in [0.25, 0.3) is 0 Å². The van der Waals surface area contributed by atoms with Crippen molar-refractivity contribution in [1.29, 1.82) is 0 Å². The van der Waals surface area contributed by atoms with Crippen LogP contribution in [-0.4, -0.2) is 15.0 Å². The lowest BCUT2D eigenvalue weighted by Crippen LogP contribution is -2.27. The van der Waals surface area contributed by atoms with E-state index in [1.165, 1.54) is 0 Å². The molecule has 0 atom stereocenters. The lowest BCUT2D eigenvalue weighted by atomic mass is 10.1. The van der Waals surface area contributed by atoms with E-state index in [0.29, 0.717) is 13.0 Å². The second kappa shape index (κ2) is 6.28. The molecule has 0 saturated carbocycles. The molecule has 112 valence electrons. The molecule has 0 bridgehead atoms. The SMILES string of the molecule is Cc1cc(N)c(S(=O)(=O)NCCc2ccccc2)cc1C. The first-order valence-electron chi connectivity index (χ1n) is 6.80. The second-order valence-corrected chi connectivity index (χ2v) is 6.84. The Balaban J connectivity index is 2.10. The molecule has 21 heavy (non-hydrogen) atoms. The lowest BCUT2D eigenvalue weighted by Gasteiger charge is -2.11. The molecule has 0 aliphatic rings. The smallest absolute Gasteiger partial charge is 0.242 e. The highest BCUT2D eigenvalue weighted by Gasteiger charge is 2.17. The van der Waals surface area contributed by atoms with E-state index in [9.17, 15) is 8.42 Å². The highest BCUT2D eigenvalue weighted by atomic mass is 32.2. The quantitative estimate of drug-likeness (QED) is 0.833. The summed E-state index contributed by atoms with van der Waals surface area (Å²) in [6, 6.07) is 13.1. The normalized spacial score (nSPS) is 11.5. The maximum atomic E-state index is 12.3. The number of anilines is 1. The van der Waals surface area contributed by atoms with Crippen LogP contribution in [-0.2, 0) is 16.4 Å². The maximum absolute atomic E-state index is 12.3. The summed E-state index contributed by atoms with van der Waals surface area (Å²) in [4.78, 5) is 0.152. The van der Waals surface area contributed by atoms with E-state index >= 15 is 0 Å². The monoisotopic (exact) mass is 304 g/mol. The predicted molar refractivity (Wildman–Crippen MR) is 85.7 cm³/mol. The van der Waals surface area contributed by atoms with Crippen molar-refractivity contribution >= 4 is 15.7 Å². The standard InChI is InChI=1S/C16H20N2O2S/c1-12-10-15(17)16(11-13(12)2)21(19,20)18-9-8-14-6-4-3-5-7-14/h3-7,10-11,18H,8-9,17H2,1-2H3. The van der Waals surface area contributed by atoms with Crippen molar-refractivity contribution in [2.24, 2.45) is 0 Å². The Morgan fingerprint density at radius 3 is 2.33 bits per heavy atom. The number of hydrogen-bond donors (Lipinski definition) is 2. The van der Waals surface area contributed by atoms with E-state index in [0.717, 1.165) is 16.7 Å². The molecule has 0 spiro atoms. The topological polar surface area (TPSA) is 72.2 Å². The van der Waals surface area contributed by atoms with Gasteiger partial charge in [0, 0.05) is 6.54 Å². The summed E-state index contributed by atoms with van der Waals surface area (Å²) in [6.45, 7) is 4.13. The van der Waals surface area contributed by atoms with Gasteiger partial charge >= 0.3 is 0 Å². The summed E-state index contributed by atoms with van der Waals surface area (Å²) in [5, 5.41) is 0. The molecule has 0 unspecified atom stereocenters. The van der Waals surface area contributed by atoms with Crippen molar-refractivity contribution in [2.45, 2.75) is 25.2 Å². The van der Waals surface area contributed by atoms with Gasteiger partial charge in [0.1, 0.15) is 4.90 Å². The molecular formula is C16H20N2O2S. The molecule has 3 N–H and O–H groups in total. The number of nitrogen functional groups attached to an aromatic ring is 1. The summed E-state index contributed by atoms with van der Waals surface area (Å²) in [7, 11) is -3.58. The molecular weight excluding hydrogens is 284 g/mol. The van der Waals surface area contributed by atoms with Crippen LogP contribution in [0.3, 0.4) is 0 Å². The number of benzene rings is 2. The van der Waals surface area contributed by atoms with Gasteiger partial charge in [0.2, 0.25) is 10.0 Å². The summed E-state index contributed by atoms with van der Waals surface area (Å²) < 4.78 is 27.2. The fraction of sp³-hybridized carbons (Fsp3) is 0.250. The Labute approximate surface area is 126 Å². The Morgan fingerprint density at radius 2 is 1.67 bits per heavy atom. The number of rotatable bonds is 5. The van der Waals surface area contributed by atoms with Crippen molar-refractivity contribution in [3.05, 3.63) is 59.2 Å². The fourth-order valence-electron chi connectivity index (χ4n) is 2.10. The van der Waals surface area contributed by atoms with Gasteiger partial charge in [0.05, 0.1) is 5.69 Å². The molecule has 0 fully saturated rings. The molecule has 0 aromatic heterocycles. The zero-order valence-electron chi connectivity index (χ0n) is 12.3. The zero-order valence-corrected chi connectivity index (χ0v) is 13.1. The molecule has 0 aliphatic heterocycles. The van der Waals surface area contributed by atoms with Crippen molar-refractivity contribution in [3.63, 3.8) is 0 Å². The molecule has 0 aliphatic carbocycles. The van der Waals surface area contributed by atoms with Crippen LogP contribution < -0.4 is 10.5 Å². The first kappa shape index (κ1) is 15.5. The average molecular weight is 304 g/mol. The molecule has 2 aromatic rings. The third kappa shape index (κ3) is 3.83. The van der Waals surface area contributed by atoms with E-state index < -0.39 is 10.0 Å². The highest BCUT2D eigenvalue weighted by molar-refractivity contribution is 7.89. The Hall–Kier alpha value is -1.85. The summed E-state index contributed by atoms with van der Waals surface area (Å²) >= 11 is 0. The first-order chi connectivity index (χ1) is 9.90. The molecule has 0 saturated heterocycles. The minimum atomic E-state index is -3.58. The third-order valence-corrected chi connectivity index (χ3v) is 4.98. The second-order valence-electron chi connectivity index (χ2n) is 5.11. The van der Waals surface area contributed by atoms with Gasteiger partial charge in [0.25, 0.3) is 0 Å². The van der Waals surface area contributed by atoms with Crippen LogP contribution in [0.5, 0.6) is 0 Å². The number of sulfonamides is 1. The molecule has 4 nitrogen and oxygen atoms in total. The van der Waals surface area contributed by atoms with Gasteiger partial charge in [-0.1, -0.05) is 30.3 Å². The average Bonchev–Trinajstić information content (AvgIpc) is 2.43. The summed E-state index contributed by atoms with van der Waals surface area (Å²) in [5.74, 6) is 0. The van der Waals surface area contributed by atoms with Crippen LogP contribution in [0, 0.1) is 13.8 Å². The van der Waals surface area contributed by atoms with E-state index in [1.807, 2.05) is 44.2 Å². The minimum Gasteiger partial charge on any atom is -0.398 e. The van der Waals surface area contributed by atoms with Crippen molar-refractivity contribution < 1.29 is 8.42 Å². The lowest BCUT2D eigenvalue weighted by molar-refractivity contribution is 0.582. The number of nitrogens with two attached hydrogens (primary N) is 1. The maximum Gasteiger partial charge on any atom is 0.242 e. The summed E-state index contributed by atoms with van der Waals surface area (Å²) in [6.07, 6.45) is 0.644. The molecule has 0 heterocycles. The number of hydrogen-bond acceptors (Lipinski definition) is 3. The van der Waals surface area contributed by atoms with Crippen LogP contribution in [0.4, 0.5) is 5.69 Å². The largest absolute Gasteiger partial charge is 0.398 e. The van der Waals surface area contributed by atoms with E-state index in [4.69, 9.17) is 5.73 Å². The van der Waals surface area contributed by atoms with Crippen molar-refractivity contribution in [1.82, 2.24) is 4.72 Å². The van der Waals surface area contributed by atoms with Crippen LogP contribution in [0.2, 0.25) is 0 Å². The van der Waals surface area contributed by atoms with Gasteiger partial charge in [0.15, 0.2) is 0 Å². The van der Waals surface area contributed by atoms with Crippen molar-refractivity contribution in [3.8, 4) is 0 Å². The minimum absolute atomic E-state index is 0.152. The van der Waals surface area contributed by atoms with Gasteiger partial charge in [-0.2, -0.15) is 0 Å². The van der Waals surface area contributed by atoms with Gasteiger partial charge < -0.3 is 5.73 Å². The van der Waals surface area contributed by atoms with E-state index in [2.05, 4.69) is 4.72 Å². The van der Waals surface area contributed by atoms with Gasteiger partial charge in [-0.05, 0) is 49.1 Å². The molecule has 2 aromatic carbocycles. The molecule has 2 rings (SSSR count). The molecule has 0 radical (unpaired) electrons. The number of aryl methyl sites for hydroxylation is 2. The molecule has 5 heteroatoms. The molecule has 0 amide bonds. The van der Waals surface area contributed by atoms with Crippen molar-refractivity contribution in [2.75, 3.05) is 12.3 Å². The Kier molecular flexibility index (Phi) is 4.65. The van der Waals surface area contributed by atoms with Crippen LogP contribution >= 0.6 is 0 Å². The van der Waals surface area contributed by atoms with Gasteiger partial charge in [-0.3, -0.25) is 0 Å². The zero-order chi connectivity index (χ0) is 15.5.